The molecule has 1 aliphatic carbocycles. The highest BCUT2D eigenvalue weighted by Crippen LogP contribution is 2.34. The largest absolute Gasteiger partial charge is 0.352 e. The Labute approximate surface area is 233 Å². The van der Waals surface area contributed by atoms with Crippen LogP contribution in [0, 0.1) is 0 Å². The number of halogens is 3. The highest BCUT2D eigenvalue weighted by molar-refractivity contribution is 9.10. The number of thioether (sulfide) groups is 1. The number of benzene rings is 2. The van der Waals surface area contributed by atoms with E-state index in [2.05, 4.69) is 26.6 Å². The topological polar surface area (TPSA) is 76.0 Å². The van der Waals surface area contributed by atoms with Crippen LogP contribution in [0.4, 0.5) is 0 Å². The number of amides is 2. The molecule has 0 unspecified atom stereocenters. The molecule has 1 atom stereocenters. The van der Waals surface area contributed by atoms with Gasteiger partial charge in [-0.3, -0.25) is 9.59 Å². The lowest BCUT2D eigenvalue weighted by atomic mass is 10.0. The van der Waals surface area contributed by atoms with Crippen molar-refractivity contribution in [3.63, 3.8) is 0 Å². The second-order valence-electron chi connectivity index (χ2n) is 8.63. The quantitative estimate of drug-likeness (QED) is 0.283. The predicted octanol–water partition coefficient (Wildman–Crippen LogP) is 6.30. The summed E-state index contributed by atoms with van der Waals surface area (Å²) in [6.45, 7) is 1.98. The van der Waals surface area contributed by atoms with Gasteiger partial charge in [-0.25, -0.2) is 4.68 Å². The molecule has 0 radical (unpaired) electrons. The van der Waals surface area contributed by atoms with E-state index in [1.165, 1.54) is 0 Å². The second kappa shape index (κ2) is 12.0. The summed E-state index contributed by atoms with van der Waals surface area (Å²) in [5, 5.41) is 11.6. The van der Waals surface area contributed by atoms with Gasteiger partial charge in [-0.1, -0.05) is 58.2 Å². The van der Waals surface area contributed by atoms with Crippen LogP contribution >= 0.6 is 50.9 Å². The zero-order valence-electron chi connectivity index (χ0n) is 20.0. The standard InChI is InChI=1S/C26H27BrCl2N4O2S/c1-3-19-23(26(35)31-21(12-13-36-2)25(34)30-18-9-10-18)32-33(22-11-8-17(28)14-20(22)29)24(19)15-4-6-16(27)7-5-15/h4-8,11,14,18,21H,3,9-10,12-13H2,1-2H3,(H,30,34)(H,31,35)/t21-/m0/s1. The normalized spacial score (nSPS) is 13.9. The first-order chi connectivity index (χ1) is 17.3. The van der Waals surface area contributed by atoms with Gasteiger partial charge >= 0.3 is 0 Å². The van der Waals surface area contributed by atoms with Crippen molar-refractivity contribution in [3.8, 4) is 16.9 Å². The van der Waals surface area contributed by atoms with Gasteiger partial charge in [-0.15, -0.1) is 0 Å². The molecule has 1 fully saturated rings. The third kappa shape index (κ3) is 6.28. The van der Waals surface area contributed by atoms with Crippen LogP contribution in [0.15, 0.2) is 46.9 Å². The molecule has 0 spiro atoms. The Bertz CT molecular complexity index is 1260. The molecule has 10 heteroatoms. The molecule has 3 aromatic rings. The highest BCUT2D eigenvalue weighted by Gasteiger charge is 2.31. The molecule has 36 heavy (non-hydrogen) atoms. The van der Waals surface area contributed by atoms with Crippen molar-refractivity contribution in [1.29, 1.82) is 0 Å². The fourth-order valence-electron chi connectivity index (χ4n) is 3.96. The number of nitrogens with one attached hydrogen (secondary N) is 2. The highest BCUT2D eigenvalue weighted by atomic mass is 79.9. The van der Waals surface area contributed by atoms with Gasteiger partial charge in [-0.2, -0.15) is 16.9 Å². The summed E-state index contributed by atoms with van der Waals surface area (Å²) in [7, 11) is 0. The molecular formula is C26H27BrCl2N4O2S. The van der Waals surface area contributed by atoms with E-state index in [1.807, 2.05) is 37.4 Å². The lowest BCUT2D eigenvalue weighted by molar-refractivity contribution is -0.123. The molecular weight excluding hydrogens is 583 g/mol. The summed E-state index contributed by atoms with van der Waals surface area (Å²) in [6, 6.07) is 12.6. The van der Waals surface area contributed by atoms with Gasteiger partial charge in [0.05, 0.1) is 16.4 Å². The van der Waals surface area contributed by atoms with Gasteiger partial charge < -0.3 is 10.6 Å². The molecule has 2 N–H and O–H groups in total. The summed E-state index contributed by atoms with van der Waals surface area (Å²) >= 11 is 17.8. The number of rotatable bonds is 10. The fraction of sp³-hybridized carbons (Fsp3) is 0.346. The van der Waals surface area contributed by atoms with Crippen LogP contribution in [0.3, 0.4) is 0 Å². The number of hydrogen-bond donors (Lipinski definition) is 2. The Kier molecular flexibility index (Phi) is 9.04. The van der Waals surface area contributed by atoms with Crippen LogP contribution in [-0.4, -0.2) is 45.7 Å². The van der Waals surface area contributed by atoms with Crippen molar-refractivity contribution in [2.75, 3.05) is 12.0 Å². The van der Waals surface area contributed by atoms with Gasteiger partial charge in [0.1, 0.15) is 6.04 Å². The van der Waals surface area contributed by atoms with E-state index in [0.717, 1.165) is 39.9 Å². The number of aromatic nitrogens is 2. The maximum Gasteiger partial charge on any atom is 0.272 e. The SMILES string of the molecule is CCc1c(C(=O)N[C@@H](CCSC)C(=O)NC2CC2)nn(-c2ccc(Cl)cc2Cl)c1-c1ccc(Br)cc1. The number of hydrogen-bond acceptors (Lipinski definition) is 4. The maximum atomic E-state index is 13.6. The zero-order chi connectivity index (χ0) is 25.8. The van der Waals surface area contributed by atoms with Crippen molar-refractivity contribution in [1.82, 2.24) is 20.4 Å². The molecule has 1 aromatic heterocycles. The van der Waals surface area contributed by atoms with E-state index in [0.29, 0.717) is 28.6 Å². The van der Waals surface area contributed by atoms with E-state index >= 15 is 0 Å². The average Bonchev–Trinajstić information content (AvgIpc) is 3.59. The first-order valence-electron chi connectivity index (χ1n) is 11.8. The summed E-state index contributed by atoms with van der Waals surface area (Å²) < 4.78 is 2.63. The van der Waals surface area contributed by atoms with Crippen LogP contribution < -0.4 is 10.6 Å². The lowest BCUT2D eigenvalue weighted by Gasteiger charge is -2.18. The Morgan fingerprint density at radius 2 is 1.92 bits per heavy atom. The summed E-state index contributed by atoms with van der Waals surface area (Å²) in [5.74, 6) is 0.222. The number of carbonyl (C=O) groups is 2. The maximum absolute atomic E-state index is 13.6. The molecule has 0 saturated heterocycles. The van der Waals surface area contributed by atoms with E-state index in [9.17, 15) is 9.59 Å². The van der Waals surface area contributed by atoms with Crippen LogP contribution in [0.5, 0.6) is 0 Å². The van der Waals surface area contributed by atoms with Crippen molar-refractivity contribution in [2.24, 2.45) is 0 Å². The molecule has 2 amide bonds. The average molecular weight is 610 g/mol. The molecule has 190 valence electrons. The zero-order valence-corrected chi connectivity index (χ0v) is 23.9. The Balaban J connectivity index is 1.77. The first kappa shape index (κ1) is 27.0. The lowest BCUT2D eigenvalue weighted by Crippen LogP contribution is -2.48. The minimum Gasteiger partial charge on any atom is -0.352 e. The van der Waals surface area contributed by atoms with Crippen molar-refractivity contribution >= 4 is 62.7 Å². The summed E-state index contributed by atoms with van der Waals surface area (Å²) in [6.07, 6.45) is 5.05. The van der Waals surface area contributed by atoms with E-state index in [4.69, 9.17) is 28.3 Å². The second-order valence-corrected chi connectivity index (χ2v) is 11.4. The fourth-order valence-corrected chi connectivity index (χ4v) is 5.18. The minimum absolute atomic E-state index is 0.147. The first-order valence-corrected chi connectivity index (χ1v) is 14.7. The molecule has 4 rings (SSSR count). The molecule has 0 aliphatic heterocycles. The third-order valence-electron chi connectivity index (χ3n) is 5.96. The molecule has 1 heterocycles. The van der Waals surface area contributed by atoms with Gasteiger partial charge in [0.15, 0.2) is 5.69 Å². The summed E-state index contributed by atoms with van der Waals surface area (Å²) in [4.78, 5) is 26.4. The van der Waals surface area contributed by atoms with Gasteiger partial charge in [0.25, 0.3) is 5.91 Å². The van der Waals surface area contributed by atoms with Crippen LogP contribution in [0.1, 0.15) is 42.2 Å². The molecule has 0 bridgehead atoms. The van der Waals surface area contributed by atoms with Crippen molar-refractivity contribution in [2.45, 2.75) is 44.7 Å². The number of nitrogens with zero attached hydrogens (tertiary/aromatic N) is 2. The van der Waals surface area contributed by atoms with Crippen molar-refractivity contribution in [3.05, 3.63) is 68.2 Å². The van der Waals surface area contributed by atoms with Crippen LogP contribution in [0.2, 0.25) is 10.0 Å². The smallest absolute Gasteiger partial charge is 0.272 e. The van der Waals surface area contributed by atoms with Gasteiger partial charge in [-0.05, 0) is 68.0 Å². The Morgan fingerprint density at radius 1 is 1.19 bits per heavy atom. The minimum atomic E-state index is -0.629. The Hall–Kier alpha value is -2.00. The van der Waals surface area contributed by atoms with Gasteiger partial charge in [0.2, 0.25) is 5.91 Å². The van der Waals surface area contributed by atoms with E-state index < -0.39 is 6.04 Å². The molecule has 1 aliphatic rings. The monoisotopic (exact) mass is 608 g/mol. The third-order valence-corrected chi connectivity index (χ3v) is 7.67. The molecule has 6 nitrogen and oxygen atoms in total. The van der Waals surface area contributed by atoms with E-state index in [-0.39, 0.29) is 23.6 Å². The predicted molar refractivity (Wildman–Crippen MR) is 152 cm³/mol. The Morgan fingerprint density at radius 3 is 2.53 bits per heavy atom. The van der Waals surface area contributed by atoms with Gasteiger partial charge in [0, 0.05) is 26.7 Å². The molecule has 1 saturated carbocycles. The van der Waals surface area contributed by atoms with E-state index in [1.54, 1.807) is 34.6 Å². The number of carbonyl (C=O) groups excluding carboxylic acids is 2. The molecule has 2 aromatic carbocycles. The van der Waals surface area contributed by atoms with Crippen LogP contribution in [0.25, 0.3) is 16.9 Å². The van der Waals surface area contributed by atoms with Crippen LogP contribution in [-0.2, 0) is 11.2 Å². The summed E-state index contributed by atoms with van der Waals surface area (Å²) in [5.41, 5.74) is 3.31. The van der Waals surface area contributed by atoms with Crippen molar-refractivity contribution < 1.29 is 9.59 Å².